The van der Waals surface area contributed by atoms with Crippen LogP contribution in [-0.4, -0.2) is 54.3 Å². The Morgan fingerprint density at radius 2 is 1.66 bits per heavy atom. The standard InChI is InChI=1S/C23H28FN3O2/c1-18(20-5-3-2-4-6-20)25-22(28)11-12-26-13-15-27(16-14-26)23(29)17-19-7-9-21(24)10-8-19/h2-10,18H,11-17H2,1H3,(H,25,28). The molecule has 2 aromatic rings. The number of hydrogen-bond acceptors (Lipinski definition) is 3. The van der Waals surface area contributed by atoms with Gasteiger partial charge in [0, 0.05) is 39.1 Å². The lowest BCUT2D eigenvalue weighted by atomic mass is 10.1. The first kappa shape index (κ1) is 21.0. The summed E-state index contributed by atoms with van der Waals surface area (Å²) in [5, 5.41) is 3.04. The van der Waals surface area contributed by atoms with Crippen LogP contribution < -0.4 is 5.32 Å². The highest BCUT2D eigenvalue weighted by Crippen LogP contribution is 2.12. The number of nitrogens with zero attached hydrogens (tertiary/aromatic N) is 2. The zero-order valence-corrected chi connectivity index (χ0v) is 16.8. The Labute approximate surface area is 171 Å². The third-order valence-corrected chi connectivity index (χ3v) is 5.33. The monoisotopic (exact) mass is 397 g/mol. The number of piperazine rings is 1. The molecule has 6 heteroatoms. The summed E-state index contributed by atoms with van der Waals surface area (Å²) in [6, 6.07) is 16.0. The molecule has 3 rings (SSSR count). The average Bonchev–Trinajstić information content (AvgIpc) is 2.75. The molecule has 0 bridgehead atoms. The van der Waals surface area contributed by atoms with Gasteiger partial charge in [-0.2, -0.15) is 0 Å². The van der Waals surface area contributed by atoms with E-state index >= 15 is 0 Å². The highest BCUT2D eigenvalue weighted by Gasteiger charge is 2.21. The van der Waals surface area contributed by atoms with Crippen molar-refractivity contribution in [2.24, 2.45) is 0 Å². The molecule has 5 nitrogen and oxygen atoms in total. The van der Waals surface area contributed by atoms with E-state index in [1.807, 2.05) is 42.2 Å². The molecular weight excluding hydrogens is 369 g/mol. The second-order valence-electron chi connectivity index (χ2n) is 7.48. The van der Waals surface area contributed by atoms with Crippen LogP contribution >= 0.6 is 0 Å². The van der Waals surface area contributed by atoms with Crippen LogP contribution in [0.3, 0.4) is 0 Å². The van der Waals surface area contributed by atoms with Crippen LogP contribution in [-0.2, 0) is 16.0 Å². The predicted molar refractivity (Wildman–Crippen MR) is 111 cm³/mol. The molecule has 1 saturated heterocycles. The fourth-order valence-corrected chi connectivity index (χ4v) is 3.51. The molecule has 2 amide bonds. The molecule has 0 aromatic heterocycles. The van der Waals surface area contributed by atoms with E-state index < -0.39 is 0 Å². The lowest BCUT2D eigenvalue weighted by Gasteiger charge is -2.34. The van der Waals surface area contributed by atoms with Crippen molar-refractivity contribution in [3.63, 3.8) is 0 Å². The van der Waals surface area contributed by atoms with Gasteiger partial charge in [-0.3, -0.25) is 14.5 Å². The van der Waals surface area contributed by atoms with Gasteiger partial charge in [0.1, 0.15) is 5.82 Å². The number of halogens is 1. The van der Waals surface area contributed by atoms with Crippen molar-refractivity contribution in [1.82, 2.24) is 15.1 Å². The molecule has 1 aliphatic rings. The van der Waals surface area contributed by atoms with Gasteiger partial charge in [-0.15, -0.1) is 0 Å². The van der Waals surface area contributed by atoms with Gasteiger partial charge in [-0.25, -0.2) is 4.39 Å². The van der Waals surface area contributed by atoms with Crippen LogP contribution in [0, 0.1) is 5.82 Å². The van der Waals surface area contributed by atoms with Crippen molar-refractivity contribution in [2.45, 2.75) is 25.8 Å². The van der Waals surface area contributed by atoms with Crippen molar-refractivity contribution in [1.29, 1.82) is 0 Å². The third-order valence-electron chi connectivity index (χ3n) is 5.33. The van der Waals surface area contributed by atoms with Crippen molar-refractivity contribution >= 4 is 11.8 Å². The Morgan fingerprint density at radius 3 is 2.31 bits per heavy atom. The Kier molecular flexibility index (Phi) is 7.36. The van der Waals surface area contributed by atoms with Crippen molar-refractivity contribution in [2.75, 3.05) is 32.7 Å². The fraction of sp³-hybridized carbons (Fsp3) is 0.391. The Balaban J connectivity index is 1.36. The summed E-state index contributed by atoms with van der Waals surface area (Å²) >= 11 is 0. The number of hydrogen-bond donors (Lipinski definition) is 1. The van der Waals surface area contributed by atoms with Crippen LogP contribution in [0.2, 0.25) is 0 Å². The van der Waals surface area contributed by atoms with Gasteiger partial charge < -0.3 is 10.2 Å². The third kappa shape index (κ3) is 6.39. The fourth-order valence-electron chi connectivity index (χ4n) is 3.51. The first-order valence-electron chi connectivity index (χ1n) is 10.1. The summed E-state index contributed by atoms with van der Waals surface area (Å²) in [7, 11) is 0. The van der Waals surface area contributed by atoms with E-state index in [9.17, 15) is 14.0 Å². The van der Waals surface area contributed by atoms with Crippen LogP contribution in [0.4, 0.5) is 4.39 Å². The van der Waals surface area contributed by atoms with E-state index in [0.717, 1.165) is 24.2 Å². The molecular formula is C23H28FN3O2. The summed E-state index contributed by atoms with van der Waals surface area (Å²) < 4.78 is 13.0. The second kappa shape index (κ2) is 10.2. The highest BCUT2D eigenvalue weighted by atomic mass is 19.1. The average molecular weight is 397 g/mol. The van der Waals surface area contributed by atoms with Gasteiger partial charge in [-0.05, 0) is 30.2 Å². The van der Waals surface area contributed by atoms with E-state index in [1.54, 1.807) is 12.1 Å². The van der Waals surface area contributed by atoms with E-state index in [0.29, 0.717) is 32.5 Å². The maximum Gasteiger partial charge on any atom is 0.227 e. The topological polar surface area (TPSA) is 52.7 Å². The number of nitrogens with one attached hydrogen (secondary N) is 1. The van der Waals surface area contributed by atoms with Crippen LogP contribution in [0.5, 0.6) is 0 Å². The smallest absolute Gasteiger partial charge is 0.227 e. The first-order chi connectivity index (χ1) is 14.0. The minimum absolute atomic E-state index is 0.00960. The zero-order chi connectivity index (χ0) is 20.6. The van der Waals surface area contributed by atoms with Gasteiger partial charge in [-0.1, -0.05) is 42.5 Å². The van der Waals surface area contributed by atoms with E-state index in [2.05, 4.69) is 10.2 Å². The summed E-state index contributed by atoms with van der Waals surface area (Å²) in [6.07, 6.45) is 0.737. The normalized spacial score (nSPS) is 15.7. The van der Waals surface area contributed by atoms with Crippen molar-refractivity contribution < 1.29 is 14.0 Å². The zero-order valence-electron chi connectivity index (χ0n) is 16.8. The van der Waals surface area contributed by atoms with Crippen LogP contribution in [0.1, 0.15) is 30.5 Å². The van der Waals surface area contributed by atoms with Crippen molar-refractivity contribution in [3.8, 4) is 0 Å². The Bertz CT molecular complexity index is 803. The summed E-state index contributed by atoms with van der Waals surface area (Å²) in [5.74, 6) is -0.195. The minimum atomic E-state index is -0.294. The quantitative estimate of drug-likeness (QED) is 0.782. The summed E-state index contributed by atoms with van der Waals surface area (Å²) in [6.45, 7) is 5.50. The lowest BCUT2D eigenvalue weighted by molar-refractivity contribution is -0.132. The summed E-state index contributed by atoms with van der Waals surface area (Å²) in [5.41, 5.74) is 1.91. The highest BCUT2D eigenvalue weighted by molar-refractivity contribution is 5.79. The van der Waals surface area contributed by atoms with Gasteiger partial charge in [0.15, 0.2) is 0 Å². The molecule has 1 fully saturated rings. The molecule has 0 spiro atoms. The van der Waals surface area contributed by atoms with Crippen LogP contribution in [0.15, 0.2) is 54.6 Å². The number of carbonyl (C=O) groups excluding carboxylic acids is 2. The van der Waals surface area contributed by atoms with E-state index in [1.165, 1.54) is 12.1 Å². The molecule has 1 atom stereocenters. The van der Waals surface area contributed by atoms with Crippen molar-refractivity contribution in [3.05, 3.63) is 71.5 Å². The summed E-state index contributed by atoms with van der Waals surface area (Å²) in [4.78, 5) is 28.7. The first-order valence-corrected chi connectivity index (χ1v) is 10.1. The number of amides is 2. The lowest BCUT2D eigenvalue weighted by Crippen LogP contribution is -2.49. The number of benzene rings is 2. The molecule has 1 N–H and O–H groups in total. The Hall–Kier alpha value is -2.73. The second-order valence-corrected chi connectivity index (χ2v) is 7.48. The SMILES string of the molecule is CC(NC(=O)CCN1CCN(C(=O)Cc2ccc(F)cc2)CC1)c1ccccc1. The maximum absolute atomic E-state index is 13.0. The molecule has 0 aliphatic carbocycles. The number of rotatable bonds is 7. The maximum atomic E-state index is 13.0. The van der Waals surface area contributed by atoms with Crippen LogP contribution in [0.25, 0.3) is 0 Å². The molecule has 154 valence electrons. The molecule has 0 saturated carbocycles. The molecule has 1 aliphatic heterocycles. The molecule has 1 unspecified atom stereocenters. The molecule has 1 heterocycles. The van der Waals surface area contributed by atoms with Gasteiger partial charge >= 0.3 is 0 Å². The predicted octanol–water partition coefficient (Wildman–Crippen LogP) is 2.78. The minimum Gasteiger partial charge on any atom is -0.350 e. The Morgan fingerprint density at radius 1 is 1.00 bits per heavy atom. The van der Waals surface area contributed by atoms with Gasteiger partial charge in [0.05, 0.1) is 12.5 Å². The van der Waals surface area contributed by atoms with Gasteiger partial charge in [0.2, 0.25) is 11.8 Å². The molecule has 0 radical (unpaired) electrons. The molecule has 29 heavy (non-hydrogen) atoms. The van der Waals surface area contributed by atoms with E-state index in [4.69, 9.17) is 0 Å². The number of carbonyl (C=O) groups is 2. The largest absolute Gasteiger partial charge is 0.350 e. The molecule has 2 aromatic carbocycles. The van der Waals surface area contributed by atoms with Gasteiger partial charge in [0.25, 0.3) is 0 Å². The van der Waals surface area contributed by atoms with E-state index in [-0.39, 0.29) is 23.7 Å².